The minimum Gasteiger partial charge on any atom is -0.339 e. The first-order chi connectivity index (χ1) is 14.7. The lowest BCUT2D eigenvalue weighted by molar-refractivity contribution is -0.116. The number of hydrogen-bond acceptors (Lipinski definition) is 7. The van der Waals surface area contributed by atoms with Crippen molar-refractivity contribution in [3.05, 3.63) is 77.3 Å². The molecule has 0 atom stereocenters. The first kappa shape index (κ1) is 20.3. The number of amides is 1. The summed E-state index contributed by atoms with van der Waals surface area (Å²) >= 11 is 3.17. The van der Waals surface area contributed by atoms with Gasteiger partial charge in [-0.05, 0) is 18.6 Å². The number of carbonyl (C=O) groups excluding carboxylic acids is 1. The number of nitrogens with one attached hydrogen (secondary N) is 1. The number of thioether (sulfide) groups is 1. The van der Waals surface area contributed by atoms with E-state index in [0.29, 0.717) is 23.9 Å². The molecule has 0 saturated heterocycles. The average molecular weight is 437 g/mol. The second kappa shape index (κ2) is 9.69. The lowest BCUT2D eigenvalue weighted by Crippen LogP contribution is -2.13. The smallest absolute Gasteiger partial charge is 0.227 e. The van der Waals surface area contributed by atoms with Gasteiger partial charge in [0.25, 0.3) is 0 Å². The molecule has 0 aliphatic rings. The van der Waals surface area contributed by atoms with E-state index in [1.54, 1.807) is 23.1 Å². The number of nitrogens with zero attached hydrogens (tertiary/aromatic N) is 3. The summed E-state index contributed by atoms with van der Waals surface area (Å²) in [7, 11) is 0. The van der Waals surface area contributed by atoms with E-state index >= 15 is 0 Å². The second-order valence-electron chi connectivity index (χ2n) is 6.62. The first-order valence-corrected chi connectivity index (χ1v) is 11.3. The van der Waals surface area contributed by atoms with Gasteiger partial charge >= 0.3 is 0 Å². The summed E-state index contributed by atoms with van der Waals surface area (Å²) in [6.07, 6.45) is 0.695. The molecule has 1 N–H and O–H groups in total. The van der Waals surface area contributed by atoms with Crippen molar-refractivity contribution in [3.63, 3.8) is 0 Å². The highest BCUT2D eigenvalue weighted by Gasteiger charge is 2.12. The van der Waals surface area contributed by atoms with E-state index in [9.17, 15) is 4.79 Å². The van der Waals surface area contributed by atoms with Crippen LogP contribution in [0.4, 0.5) is 5.69 Å². The Morgan fingerprint density at radius 3 is 2.73 bits per heavy atom. The highest BCUT2D eigenvalue weighted by molar-refractivity contribution is 8.00. The summed E-state index contributed by atoms with van der Waals surface area (Å²) < 4.78 is 6.24. The number of aromatic nitrogens is 3. The maximum Gasteiger partial charge on any atom is 0.227 e. The van der Waals surface area contributed by atoms with E-state index < -0.39 is 0 Å². The third kappa shape index (κ3) is 5.34. The molecule has 2 heterocycles. The maximum atomic E-state index is 12.2. The van der Waals surface area contributed by atoms with Gasteiger partial charge < -0.3 is 9.84 Å². The number of rotatable bonds is 8. The summed E-state index contributed by atoms with van der Waals surface area (Å²) in [5, 5.41) is 8.97. The van der Waals surface area contributed by atoms with Gasteiger partial charge in [0.15, 0.2) is 10.2 Å². The van der Waals surface area contributed by atoms with Gasteiger partial charge in [-0.3, -0.25) is 4.79 Å². The van der Waals surface area contributed by atoms with Gasteiger partial charge in [0.2, 0.25) is 11.8 Å². The highest BCUT2D eigenvalue weighted by atomic mass is 32.2. The van der Waals surface area contributed by atoms with Crippen LogP contribution < -0.4 is 5.32 Å². The normalized spacial score (nSPS) is 10.8. The Labute approximate surface area is 182 Å². The molecule has 0 aliphatic carbocycles. The van der Waals surface area contributed by atoms with Crippen molar-refractivity contribution in [1.82, 2.24) is 15.1 Å². The number of thiazole rings is 1. The highest BCUT2D eigenvalue weighted by Crippen LogP contribution is 2.29. The van der Waals surface area contributed by atoms with Gasteiger partial charge in [-0.15, -0.1) is 11.3 Å². The standard InChI is InChI=1S/C22H20N4O2S2/c1-15-7-5-6-10-17(15)23-20(27)11-12-21-25-19(26-28-21)14-30-22-24-18(13-29-22)16-8-3-2-4-9-16/h2-10,13H,11-12,14H2,1H3,(H,23,27). The Morgan fingerprint density at radius 1 is 1.10 bits per heavy atom. The van der Waals surface area contributed by atoms with Crippen LogP contribution in [-0.4, -0.2) is 21.0 Å². The van der Waals surface area contributed by atoms with Gasteiger partial charge in [0.1, 0.15) is 0 Å². The van der Waals surface area contributed by atoms with Crippen molar-refractivity contribution in [2.45, 2.75) is 29.9 Å². The molecule has 152 valence electrons. The number of anilines is 1. The zero-order valence-corrected chi connectivity index (χ0v) is 18.0. The van der Waals surface area contributed by atoms with Crippen molar-refractivity contribution < 1.29 is 9.32 Å². The second-order valence-corrected chi connectivity index (χ2v) is 8.70. The molecule has 0 bridgehead atoms. The molecule has 0 unspecified atom stereocenters. The fourth-order valence-corrected chi connectivity index (χ4v) is 4.47. The Morgan fingerprint density at radius 2 is 1.90 bits per heavy atom. The lowest BCUT2D eigenvalue weighted by atomic mass is 10.2. The Kier molecular flexibility index (Phi) is 6.56. The average Bonchev–Trinajstić information content (AvgIpc) is 3.43. The van der Waals surface area contributed by atoms with Crippen LogP contribution in [0.3, 0.4) is 0 Å². The molecule has 0 fully saturated rings. The van der Waals surface area contributed by atoms with Crippen LogP contribution in [0, 0.1) is 6.92 Å². The molecular weight excluding hydrogens is 416 g/mol. The van der Waals surface area contributed by atoms with Crippen LogP contribution in [0.15, 0.2) is 68.8 Å². The molecular formula is C22H20N4O2S2. The molecule has 0 saturated carbocycles. The van der Waals surface area contributed by atoms with E-state index in [-0.39, 0.29) is 12.3 Å². The molecule has 0 aliphatic heterocycles. The van der Waals surface area contributed by atoms with Crippen LogP contribution in [0.5, 0.6) is 0 Å². The summed E-state index contributed by atoms with van der Waals surface area (Å²) in [5.41, 5.74) is 3.92. The topological polar surface area (TPSA) is 80.9 Å². The van der Waals surface area contributed by atoms with Gasteiger partial charge in [-0.25, -0.2) is 4.98 Å². The fourth-order valence-electron chi connectivity index (χ4n) is 2.79. The number of hydrogen-bond donors (Lipinski definition) is 1. The minimum atomic E-state index is -0.0744. The summed E-state index contributed by atoms with van der Waals surface area (Å²) in [6, 6.07) is 17.8. The molecule has 4 rings (SSSR count). The van der Waals surface area contributed by atoms with Crippen LogP contribution in [-0.2, 0) is 17.0 Å². The molecule has 8 heteroatoms. The van der Waals surface area contributed by atoms with E-state index in [1.165, 1.54) is 0 Å². The number of benzene rings is 2. The zero-order valence-electron chi connectivity index (χ0n) is 16.4. The molecule has 0 radical (unpaired) electrons. The zero-order chi connectivity index (χ0) is 20.8. The van der Waals surface area contributed by atoms with Gasteiger partial charge in [-0.1, -0.05) is 65.4 Å². The predicted octanol–water partition coefficient (Wildman–Crippen LogP) is 5.37. The third-order valence-corrected chi connectivity index (χ3v) is 6.39. The number of para-hydroxylation sites is 1. The van der Waals surface area contributed by atoms with Gasteiger partial charge in [0.05, 0.1) is 11.4 Å². The Balaban J connectivity index is 1.26. The van der Waals surface area contributed by atoms with Crippen LogP contribution in [0.2, 0.25) is 0 Å². The maximum absolute atomic E-state index is 12.2. The van der Waals surface area contributed by atoms with Crippen molar-refractivity contribution >= 4 is 34.7 Å². The van der Waals surface area contributed by atoms with Crippen LogP contribution >= 0.6 is 23.1 Å². The molecule has 0 spiro atoms. The summed E-state index contributed by atoms with van der Waals surface area (Å²) in [5.74, 6) is 1.57. The van der Waals surface area contributed by atoms with Gasteiger partial charge in [-0.2, -0.15) is 4.98 Å². The minimum absolute atomic E-state index is 0.0744. The van der Waals surface area contributed by atoms with E-state index in [2.05, 4.69) is 20.4 Å². The van der Waals surface area contributed by atoms with E-state index in [0.717, 1.165) is 26.8 Å². The SMILES string of the molecule is Cc1ccccc1NC(=O)CCc1nc(CSc2nc(-c3ccccc3)cs2)no1. The molecule has 6 nitrogen and oxygen atoms in total. The Hall–Kier alpha value is -2.97. The Bertz CT molecular complexity index is 1120. The van der Waals surface area contributed by atoms with Crippen LogP contribution in [0.1, 0.15) is 23.7 Å². The monoisotopic (exact) mass is 436 g/mol. The number of aryl methyl sites for hydroxylation is 2. The van der Waals surface area contributed by atoms with Crippen molar-refractivity contribution in [3.8, 4) is 11.3 Å². The van der Waals surface area contributed by atoms with E-state index in [1.807, 2.05) is 66.9 Å². The quantitative estimate of drug-likeness (QED) is 0.374. The number of carbonyl (C=O) groups is 1. The fraction of sp³-hybridized carbons (Fsp3) is 0.182. The molecule has 4 aromatic rings. The molecule has 1 amide bonds. The van der Waals surface area contributed by atoms with Crippen molar-refractivity contribution in [1.29, 1.82) is 0 Å². The molecule has 2 aromatic heterocycles. The third-order valence-electron chi connectivity index (χ3n) is 4.37. The van der Waals surface area contributed by atoms with Crippen LogP contribution in [0.25, 0.3) is 11.3 Å². The van der Waals surface area contributed by atoms with E-state index in [4.69, 9.17) is 4.52 Å². The first-order valence-electron chi connectivity index (χ1n) is 9.48. The molecule has 2 aromatic carbocycles. The van der Waals surface area contributed by atoms with Crippen molar-refractivity contribution in [2.75, 3.05) is 5.32 Å². The van der Waals surface area contributed by atoms with Gasteiger partial charge in [0, 0.05) is 29.5 Å². The largest absolute Gasteiger partial charge is 0.339 e. The molecule has 30 heavy (non-hydrogen) atoms. The predicted molar refractivity (Wildman–Crippen MR) is 120 cm³/mol. The summed E-state index contributed by atoms with van der Waals surface area (Å²) in [4.78, 5) is 21.2. The summed E-state index contributed by atoms with van der Waals surface area (Å²) in [6.45, 7) is 1.96. The van der Waals surface area contributed by atoms with Crippen molar-refractivity contribution in [2.24, 2.45) is 0 Å². The lowest BCUT2D eigenvalue weighted by Gasteiger charge is -2.06.